The van der Waals surface area contributed by atoms with Crippen LogP contribution in [0, 0.1) is 0 Å². The molecule has 0 bridgehead atoms. The lowest BCUT2D eigenvalue weighted by molar-refractivity contribution is -0.129. The molecule has 1 aromatic heterocycles. The number of methoxy groups -OCH3 is 1. The van der Waals surface area contributed by atoms with E-state index >= 15 is 0 Å². The third kappa shape index (κ3) is 5.30. The molecule has 2 aromatic carbocycles. The van der Waals surface area contributed by atoms with Crippen molar-refractivity contribution in [3.05, 3.63) is 72.6 Å². The molecule has 0 spiro atoms. The Balaban J connectivity index is 1.26. The molecule has 0 saturated heterocycles. The minimum Gasteiger partial charge on any atom is -0.497 e. The Hall–Kier alpha value is -3.46. The number of thioether (sulfide) groups is 1. The standard InChI is InChI=1S/C26H28N4O4S/c1-3-14-29-25(23-16-33-21-6-4-5-7-22(21)34-23)27-28-26(29)35-17-24(31)30(19-10-11-19)15-18-8-12-20(32-2)13-9-18/h3-9,12-13,19,23H,1,10-11,14-17H2,2H3. The van der Waals surface area contributed by atoms with E-state index < -0.39 is 0 Å². The van der Waals surface area contributed by atoms with Gasteiger partial charge < -0.3 is 19.1 Å². The van der Waals surface area contributed by atoms with Crippen LogP contribution in [0.3, 0.4) is 0 Å². The molecular weight excluding hydrogens is 464 g/mol. The summed E-state index contributed by atoms with van der Waals surface area (Å²) in [5, 5.41) is 9.42. The van der Waals surface area contributed by atoms with E-state index in [1.54, 1.807) is 13.2 Å². The Bertz CT molecular complexity index is 1190. The van der Waals surface area contributed by atoms with Crippen LogP contribution in [0.1, 0.15) is 30.3 Å². The average Bonchev–Trinajstić information content (AvgIpc) is 3.66. The molecule has 1 saturated carbocycles. The van der Waals surface area contributed by atoms with Crippen molar-refractivity contribution in [1.82, 2.24) is 19.7 Å². The highest BCUT2D eigenvalue weighted by Crippen LogP contribution is 2.36. The molecule has 9 heteroatoms. The molecule has 1 atom stereocenters. The molecule has 0 N–H and O–H groups in total. The third-order valence-corrected chi connectivity index (χ3v) is 6.95. The molecule has 1 aliphatic carbocycles. The van der Waals surface area contributed by atoms with Crippen LogP contribution in [0.5, 0.6) is 17.2 Å². The Morgan fingerprint density at radius 2 is 1.97 bits per heavy atom. The fourth-order valence-corrected chi connectivity index (χ4v) is 4.88. The van der Waals surface area contributed by atoms with Crippen LogP contribution in [0.4, 0.5) is 0 Å². The summed E-state index contributed by atoms with van der Waals surface area (Å²) in [5.41, 5.74) is 1.09. The van der Waals surface area contributed by atoms with Crippen LogP contribution < -0.4 is 14.2 Å². The summed E-state index contributed by atoms with van der Waals surface area (Å²) >= 11 is 1.39. The highest BCUT2D eigenvalue weighted by atomic mass is 32.2. The number of para-hydroxylation sites is 2. The van der Waals surface area contributed by atoms with Gasteiger partial charge in [-0.25, -0.2) is 0 Å². The Morgan fingerprint density at radius 1 is 1.20 bits per heavy atom. The lowest BCUT2D eigenvalue weighted by atomic mass is 10.2. The second kappa shape index (κ2) is 10.4. The van der Waals surface area contributed by atoms with Crippen LogP contribution in [-0.4, -0.2) is 51.1 Å². The number of benzene rings is 2. The summed E-state index contributed by atoms with van der Waals surface area (Å²) in [5.74, 6) is 3.24. The zero-order valence-electron chi connectivity index (χ0n) is 19.6. The minimum absolute atomic E-state index is 0.0919. The molecule has 2 heterocycles. The first-order valence-electron chi connectivity index (χ1n) is 11.6. The van der Waals surface area contributed by atoms with Crippen molar-refractivity contribution in [1.29, 1.82) is 0 Å². The first-order chi connectivity index (χ1) is 17.2. The van der Waals surface area contributed by atoms with E-state index in [9.17, 15) is 4.79 Å². The molecule has 0 radical (unpaired) electrons. The van der Waals surface area contributed by atoms with Gasteiger partial charge >= 0.3 is 0 Å². The van der Waals surface area contributed by atoms with Crippen LogP contribution >= 0.6 is 11.8 Å². The van der Waals surface area contributed by atoms with Gasteiger partial charge in [-0.1, -0.05) is 42.1 Å². The topological polar surface area (TPSA) is 78.7 Å². The summed E-state index contributed by atoms with van der Waals surface area (Å²) < 4.78 is 19.2. The average molecular weight is 493 g/mol. The fourth-order valence-electron chi connectivity index (χ4n) is 4.04. The van der Waals surface area contributed by atoms with E-state index in [0.717, 1.165) is 29.9 Å². The molecule has 1 amide bonds. The number of fused-ring (bicyclic) bond motifs is 1. The number of aromatic nitrogens is 3. The smallest absolute Gasteiger partial charge is 0.233 e. The molecule has 1 fully saturated rings. The van der Waals surface area contributed by atoms with Gasteiger partial charge in [0.2, 0.25) is 5.91 Å². The third-order valence-electron chi connectivity index (χ3n) is 6.00. The van der Waals surface area contributed by atoms with E-state index in [1.807, 2.05) is 58.0 Å². The van der Waals surface area contributed by atoms with E-state index in [2.05, 4.69) is 16.8 Å². The quantitative estimate of drug-likeness (QED) is 0.309. The Kier molecular flexibility index (Phi) is 6.94. The lowest BCUT2D eigenvalue weighted by Crippen LogP contribution is -2.34. The van der Waals surface area contributed by atoms with Crippen LogP contribution in [0.25, 0.3) is 0 Å². The second-order valence-electron chi connectivity index (χ2n) is 8.49. The van der Waals surface area contributed by atoms with Gasteiger partial charge in [-0.2, -0.15) is 0 Å². The predicted molar refractivity (Wildman–Crippen MR) is 133 cm³/mol. The van der Waals surface area contributed by atoms with Gasteiger partial charge in [0.25, 0.3) is 0 Å². The summed E-state index contributed by atoms with van der Waals surface area (Å²) in [7, 11) is 1.65. The maximum atomic E-state index is 13.2. The maximum Gasteiger partial charge on any atom is 0.233 e. The van der Waals surface area contributed by atoms with Crippen molar-refractivity contribution in [2.45, 2.75) is 43.2 Å². The van der Waals surface area contributed by atoms with Gasteiger partial charge in [-0.3, -0.25) is 9.36 Å². The zero-order chi connectivity index (χ0) is 24.2. The predicted octanol–water partition coefficient (Wildman–Crippen LogP) is 4.27. The summed E-state index contributed by atoms with van der Waals surface area (Å²) in [6, 6.07) is 15.7. The second-order valence-corrected chi connectivity index (χ2v) is 9.44. The van der Waals surface area contributed by atoms with Crippen molar-refractivity contribution in [3.63, 3.8) is 0 Å². The van der Waals surface area contributed by atoms with Gasteiger partial charge in [0, 0.05) is 19.1 Å². The molecule has 3 aromatic rings. The van der Waals surface area contributed by atoms with Crippen molar-refractivity contribution in [2.75, 3.05) is 19.5 Å². The minimum atomic E-state index is -0.388. The number of allylic oxidation sites excluding steroid dienone is 1. The number of carbonyl (C=O) groups excluding carboxylic acids is 1. The van der Waals surface area contributed by atoms with Crippen molar-refractivity contribution >= 4 is 17.7 Å². The fraction of sp³-hybridized carbons (Fsp3) is 0.346. The van der Waals surface area contributed by atoms with Gasteiger partial charge in [0.05, 0.1) is 12.9 Å². The number of ether oxygens (including phenoxy) is 3. The number of carbonyl (C=O) groups is 1. The highest BCUT2D eigenvalue weighted by molar-refractivity contribution is 7.99. The first-order valence-corrected chi connectivity index (χ1v) is 12.6. The van der Waals surface area contributed by atoms with Gasteiger partial charge in [0.1, 0.15) is 12.4 Å². The van der Waals surface area contributed by atoms with Gasteiger partial charge in [-0.05, 0) is 42.7 Å². The van der Waals surface area contributed by atoms with Crippen molar-refractivity contribution in [2.24, 2.45) is 0 Å². The Morgan fingerprint density at radius 3 is 2.69 bits per heavy atom. The normalized spacial score (nSPS) is 16.5. The number of rotatable bonds is 10. The summed E-state index contributed by atoms with van der Waals surface area (Å²) in [4.78, 5) is 15.2. The van der Waals surface area contributed by atoms with Crippen LogP contribution in [-0.2, 0) is 17.9 Å². The molecule has 182 valence electrons. The molecule has 8 nitrogen and oxygen atoms in total. The molecule has 1 unspecified atom stereocenters. The molecular formula is C26H28N4O4S. The SMILES string of the molecule is C=CCn1c(SCC(=O)N(Cc2ccc(OC)cc2)C2CC2)nnc1C1COc2ccccc2O1. The van der Waals surface area contributed by atoms with E-state index in [0.29, 0.717) is 42.5 Å². The molecule has 2 aliphatic rings. The van der Waals surface area contributed by atoms with Crippen LogP contribution in [0.2, 0.25) is 0 Å². The largest absolute Gasteiger partial charge is 0.497 e. The van der Waals surface area contributed by atoms with Crippen LogP contribution in [0.15, 0.2) is 66.3 Å². The number of hydrogen-bond acceptors (Lipinski definition) is 7. The number of hydrogen-bond donors (Lipinski definition) is 0. The lowest BCUT2D eigenvalue weighted by Gasteiger charge is -2.26. The number of amides is 1. The van der Waals surface area contributed by atoms with E-state index in [-0.39, 0.29) is 17.8 Å². The van der Waals surface area contributed by atoms with Gasteiger partial charge in [0.15, 0.2) is 28.6 Å². The Labute approximate surface area is 208 Å². The zero-order valence-corrected chi connectivity index (χ0v) is 20.4. The van der Waals surface area contributed by atoms with Crippen molar-refractivity contribution < 1.29 is 19.0 Å². The van der Waals surface area contributed by atoms with Crippen molar-refractivity contribution in [3.8, 4) is 17.2 Å². The summed E-state index contributed by atoms with van der Waals surface area (Å²) in [6.45, 7) is 5.31. The molecule has 5 rings (SSSR count). The van der Waals surface area contributed by atoms with E-state index in [4.69, 9.17) is 14.2 Å². The maximum absolute atomic E-state index is 13.2. The summed E-state index contributed by atoms with van der Waals surface area (Å²) in [6.07, 6.45) is 3.49. The first kappa shape index (κ1) is 23.3. The monoisotopic (exact) mass is 492 g/mol. The van der Waals surface area contributed by atoms with E-state index in [1.165, 1.54) is 11.8 Å². The number of nitrogens with zero attached hydrogens (tertiary/aromatic N) is 4. The van der Waals surface area contributed by atoms with Gasteiger partial charge in [-0.15, -0.1) is 16.8 Å². The molecule has 35 heavy (non-hydrogen) atoms. The highest BCUT2D eigenvalue weighted by Gasteiger charge is 2.33. The molecule has 1 aliphatic heterocycles.